The lowest BCUT2D eigenvalue weighted by Gasteiger charge is -2.31. The molecule has 1 saturated heterocycles. The smallest absolute Gasteiger partial charge is 0.404 e. The summed E-state index contributed by atoms with van der Waals surface area (Å²) in [6.07, 6.45) is 5.98. The summed E-state index contributed by atoms with van der Waals surface area (Å²) in [5.41, 5.74) is 3.81. The molecule has 1 aliphatic heterocycles. The number of carboxylic acid groups (broad SMARTS) is 1. The van der Waals surface area contributed by atoms with Crippen LogP contribution in [0.3, 0.4) is 0 Å². The zero-order chi connectivity index (χ0) is 20.5. The highest BCUT2D eigenvalue weighted by Gasteiger charge is 2.22. The second-order valence-electron chi connectivity index (χ2n) is 7.56. The highest BCUT2D eigenvalue weighted by molar-refractivity contribution is 5.93. The van der Waals surface area contributed by atoms with Gasteiger partial charge in [-0.2, -0.15) is 5.10 Å². The minimum atomic E-state index is -0.952. The van der Waals surface area contributed by atoms with E-state index < -0.39 is 6.09 Å². The number of rotatable bonds is 5. The molecular weight excluding hydrogens is 384 g/mol. The summed E-state index contributed by atoms with van der Waals surface area (Å²) in [6, 6.07) is 6.02. The molecule has 30 heavy (non-hydrogen) atoms. The van der Waals surface area contributed by atoms with Crippen LogP contribution in [0.5, 0.6) is 0 Å². The predicted molar refractivity (Wildman–Crippen MR) is 113 cm³/mol. The molecule has 5 N–H and O–H groups in total. The Labute approximate surface area is 171 Å². The molecule has 4 heterocycles. The molecule has 1 aromatic carbocycles. The van der Waals surface area contributed by atoms with Crippen molar-refractivity contribution in [2.24, 2.45) is 0 Å². The van der Waals surface area contributed by atoms with Crippen molar-refractivity contribution in [3.8, 4) is 0 Å². The maximum atomic E-state index is 10.8. The van der Waals surface area contributed by atoms with Crippen LogP contribution < -0.4 is 10.6 Å². The van der Waals surface area contributed by atoms with E-state index in [1.807, 2.05) is 24.4 Å². The van der Waals surface area contributed by atoms with Gasteiger partial charge in [-0.15, -0.1) is 0 Å². The summed E-state index contributed by atoms with van der Waals surface area (Å²) in [7, 11) is 0. The van der Waals surface area contributed by atoms with Crippen LogP contribution in [-0.4, -0.2) is 60.4 Å². The van der Waals surface area contributed by atoms with E-state index in [2.05, 4.69) is 40.7 Å². The van der Waals surface area contributed by atoms with Gasteiger partial charge in [-0.3, -0.25) is 10.00 Å². The minimum absolute atomic E-state index is 0.0279. The highest BCUT2D eigenvalue weighted by Crippen LogP contribution is 2.28. The Morgan fingerprint density at radius 3 is 2.97 bits per heavy atom. The Morgan fingerprint density at radius 1 is 1.27 bits per heavy atom. The first kappa shape index (κ1) is 18.4. The molecule has 0 bridgehead atoms. The molecule has 5 rings (SSSR count). The largest absolute Gasteiger partial charge is 0.465 e. The topological polar surface area (TPSA) is 135 Å². The number of hydrogen-bond donors (Lipinski definition) is 5. The van der Waals surface area contributed by atoms with Crippen molar-refractivity contribution in [3.63, 3.8) is 0 Å². The van der Waals surface area contributed by atoms with Crippen LogP contribution in [0.4, 0.5) is 16.3 Å². The first-order valence-corrected chi connectivity index (χ1v) is 9.88. The maximum Gasteiger partial charge on any atom is 0.404 e. The van der Waals surface area contributed by atoms with Crippen molar-refractivity contribution in [3.05, 3.63) is 42.5 Å². The van der Waals surface area contributed by atoms with E-state index in [1.54, 1.807) is 12.5 Å². The molecule has 0 saturated carbocycles. The van der Waals surface area contributed by atoms with Gasteiger partial charge in [0, 0.05) is 42.9 Å². The standard InChI is InChI=1S/C20H22N8O2/c29-20(30)26-14-3-5-28(6-4-14)10-13-8-21-18-17(13)19(23-11-22-18)25-15-1-2-16-12(7-15)9-24-27-16/h1-2,7-9,11,14,26H,3-6,10H2,(H,24,27)(H,29,30)(H2,21,22,23,25). The van der Waals surface area contributed by atoms with Crippen molar-refractivity contribution >= 4 is 39.5 Å². The summed E-state index contributed by atoms with van der Waals surface area (Å²) in [5.74, 6) is 0.751. The monoisotopic (exact) mass is 406 g/mol. The Kier molecular flexibility index (Phi) is 4.68. The molecule has 4 aromatic rings. The van der Waals surface area contributed by atoms with Crippen LogP contribution in [0, 0.1) is 0 Å². The van der Waals surface area contributed by atoms with Gasteiger partial charge in [0.15, 0.2) is 0 Å². The lowest BCUT2D eigenvalue weighted by molar-refractivity contribution is 0.165. The molecule has 154 valence electrons. The molecule has 1 amide bonds. The quantitative estimate of drug-likeness (QED) is 0.344. The second kappa shape index (κ2) is 7.64. The van der Waals surface area contributed by atoms with Crippen molar-refractivity contribution in [1.29, 1.82) is 0 Å². The fourth-order valence-corrected chi connectivity index (χ4v) is 4.05. The number of H-pyrrole nitrogens is 2. The number of carbonyl (C=O) groups is 1. The molecule has 1 fully saturated rings. The average Bonchev–Trinajstić information content (AvgIpc) is 3.36. The number of nitrogens with zero attached hydrogens (tertiary/aromatic N) is 4. The van der Waals surface area contributed by atoms with E-state index in [1.165, 1.54) is 0 Å². The third kappa shape index (κ3) is 3.64. The predicted octanol–water partition coefficient (Wildman–Crippen LogP) is 2.81. The molecular formula is C20H22N8O2. The fraction of sp³-hybridized carbons (Fsp3) is 0.300. The first-order valence-electron chi connectivity index (χ1n) is 9.88. The number of anilines is 2. The molecule has 0 aliphatic carbocycles. The number of aromatic amines is 2. The molecule has 0 radical (unpaired) electrons. The van der Waals surface area contributed by atoms with Crippen LogP contribution in [0.25, 0.3) is 21.9 Å². The fourth-order valence-electron chi connectivity index (χ4n) is 4.05. The minimum Gasteiger partial charge on any atom is -0.465 e. The van der Waals surface area contributed by atoms with Gasteiger partial charge in [-0.05, 0) is 36.6 Å². The van der Waals surface area contributed by atoms with Gasteiger partial charge in [0.25, 0.3) is 0 Å². The average molecular weight is 406 g/mol. The molecule has 3 aromatic heterocycles. The summed E-state index contributed by atoms with van der Waals surface area (Å²) >= 11 is 0. The number of likely N-dealkylation sites (tertiary alicyclic amines) is 1. The van der Waals surface area contributed by atoms with Gasteiger partial charge in [-0.25, -0.2) is 14.8 Å². The summed E-state index contributed by atoms with van der Waals surface area (Å²) in [4.78, 5) is 25.3. The number of aromatic nitrogens is 5. The zero-order valence-corrected chi connectivity index (χ0v) is 16.2. The van der Waals surface area contributed by atoms with Gasteiger partial charge >= 0.3 is 6.09 Å². The Bertz CT molecular complexity index is 1190. The van der Waals surface area contributed by atoms with E-state index in [0.717, 1.165) is 71.5 Å². The number of nitrogens with one attached hydrogen (secondary N) is 4. The third-order valence-corrected chi connectivity index (χ3v) is 5.56. The lowest BCUT2D eigenvalue weighted by Crippen LogP contribution is -2.43. The first-order chi connectivity index (χ1) is 14.7. The van der Waals surface area contributed by atoms with Gasteiger partial charge in [-0.1, -0.05) is 0 Å². The normalized spacial score (nSPS) is 15.6. The highest BCUT2D eigenvalue weighted by atomic mass is 16.4. The SMILES string of the molecule is O=C(O)NC1CCN(Cc2c[nH]c3ncnc(Nc4ccc5[nH]ncc5c4)c23)CC1. The molecule has 0 atom stereocenters. The van der Waals surface area contributed by atoms with Gasteiger partial charge in [0.2, 0.25) is 0 Å². The number of benzene rings is 1. The van der Waals surface area contributed by atoms with Crippen molar-refractivity contribution in [1.82, 2.24) is 35.4 Å². The van der Waals surface area contributed by atoms with Crippen LogP contribution in [0.2, 0.25) is 0 Å². The molecule has 10 heteroatoms. The number of hydrogen-bond acceptors (Lipinski definition) is 6. The van der Waals surface area contributed by atoms with E-state index in [9.17, 15) is 4.79 Å². The zero-order valence-electron chi connectivity index (χ0n) is 16.2. The second-order valence-corrected chi connectivity index (χ2v) is 7.56. The maximum absolute atomic E-state index is 10.8. The molecule has 0 unspecified atom stereocenters. The van der Waals surface area contributed by atoms with E-state index in [0.29, 0.717) is 0 Å². The third-order valence-electron chi connectivity index (χ3n) is 5.56. The van der Waals surface area contributed by atoms with Crippen LogP contribution in [0.1, 0.15) is 18.4 Å². The molecule has 1 aliphatic rings. The summed E-state index contributed by atoms with van der Waals surface area (Å²) < 4.78 is 0. The van der Waals surface area contributed by atoms with Crippen LogP contribution in [-0.2, 0) is 6.54 Å². The number of amides is 1. The Balaban J connectivity index is 1.36. The van der Waals surface area contributed by atoms with Crippen molar-refractivity contribution < 1.29 is 9.90 Å². The number of piperidine rings is 1. The van der Waals surface area contributed by atoms with Crippen LogP contribution in [0.15, 0.2) is 36.9 Å². The molecule has 10 nitrogen and oxygen atoms in total. The summed E-state index contributed by atoms with van der Waals surface area (Å²) in [6.45, 7) is 2.43. The van der Waals surface area contributed by atoms with Crippen molar-refractivity contribution in [2.45, 2.75) is 25.4 Å². The van der Waals surface area contributed by atoms with E-state index in [-0.39, 0.29) is 6.04 Å². The number of fused-ring (bicyclic) bond motifs is 2. The summed E-state index contributed by atoms with van der Waals surface area (Å²) in [5, 5.41) is 23.9. The van der Waals surface area contributed by atoms with E-state index in [4.69, 9.17) is 5.11 Å². The van der Waals surface area contributed by atoms with Gasteiger partial charge < -0.3 is 20.7 Å². The van der Waals surface area contributed by atoms with Gasteiger partial charge in [0.05, 0.1) is 17.1 Å². The van der Waals surface area contributed by atoms with E-state index >= 15 is 0 Å². The lowest BCUT2D eigenvalue weighted by atomic mass is 10.0. The Morgan fingerprint density at radius 2 is 2.13 bits per heavy atom. The van der Waals surface area contributed by atoms with Crippen molar-refractivity contribution in [2.75, 3.05) is 18.4 Å². The Hall–Kier alpha value is -3.66. The van der Waals surface area contributed by atoms with Gasteiger partial charge in [0.1, 0.15) is 17.8 Å². The molecule has 0 spiro atoms. The van der Waals surface area contributed by atoms with Crippen LogP contribution >= 0.6 is 0 Å².